The number of anilines is 1. The third-order valence-electron chi connectivity index (χ3n) is 3.29. The molecule has 3 N–H and O–H groups in total. The highest BCUT2D eigenvalue weighted by molar-refractivity contribution is 5.86. The molecule has 3 aromatic rings. The first-order valence-corrected chi connectivity index (χ1v) is 6.96. The predicted octanol–water partition coefficient (Wildman–Crippen LogP) is 1.66. The smallest absolute Gasteiger partial charge is 0.334 e. The van der Waals surface area contributed by atoms with E-state index in [1.54, 1.807) is 42.9 Å². The van der Waals surface area contributed by atoms with Gasteiger partial charge in [0.15, 0.2) is 5.92 Å². The molecule has 0 aromatic carbocycles. The highest BCUT2D eigenvalue weighted by Gasteiger charge is 2.26. The molecule has 0 bridgehead atoms. The number of hydrogen-bond acceptors (Lipinski definition) is 7. The van der Waals surface area contributed by atoms with Crippen molar-refractivity contribution in [2.75, 3.05) is 5.73 Å². The number of aromatic nitrogens is 4. The molecule has 0 fully saturated rings. The lowest BCUT2D eigenvalue weighted by Gasteiger charge is -2.09. The zero-order chi connectivity index (χ0) is 16.9. The van der Waals surface area contributed by atoms with Crippen LogP contribution in [0.4, 0.5) is 5.82 Å². The molecule has 0 amide bonds. The van der Waals surface area contributed by atoms with Crippen LogP contribution in [0.3, 0.4) is 0 Å². The van der Waals surface area contributed by atoms with Crippen LogP contribution in [0.2, 0.25) is 0 Å². The Morgan fingerprint density at radius 2 is 2.00 bits per heavy atom. The molecule has 3 rings (SSSR count). The summed E-state index contributed by atoms with van der Waals surface area (Å²) in [6.07, 6.45) is 6.18. The number of nitrogens with one attached hydrogen (secondary N) is 1. The number of carbonyl (C=O) groups is 1. The molecule has 8 heteroatoms. The number of nitriles is 1. The Morgan fingerprint density at radius 3 is 2.62 bits per heavy atom. The molecule has 118 valence electrons. The summed E-state index contributed by atoms with van der Waals surface area (Å²) in [7, 11) is 0. The lowest BCUT2D eigenvalue weighted by Crippen LogP contribution is -2.18. The van der Waals surface area contributed by atoms with Crippen molar-refractivity contribution in [2.24, 2.45) is 0 Å². The lowest BCUT2D eigenvalue weighted by atomic mass is 10.0. The highest BCUT2D eigenvalue weighted by atomic mass is 16.5. The van der Waals surface area contributed by atoms with Gasteiger partial charge < -0.3 is 10.5 Å². The van der Waals surface area contributed by atoms with Gasteiger partial charge in [0.25, 0.3) is 5.88 Å². The first-order valence-electron chi connectivity index (χ1n) is 6.96. The second-order valence-electron chi connectivity index (χ2n) is 4.83. The standard InChI is InChI=1S/C16H12N6O2/c17-7-12(10-3-1-5-19-8-10)16(23)24-15-13(14(18)21-22-15)11-4-2-6-20-9-11/h1-6,8-9,12H,(H3,18,21,22). The van der Waals surface area contributed by atoms with Crippen molar-refractivity contribution in [1.29, 1.82) is 5.26 Å². The van der Waals surface area contributed by atoms with E-state index in [1.807, 2.05) is 6.07 Å². The molecule has 3 aromatic heterocycles. The topological polar surface area (TPSA) is 131 Å². The first kappa shape index (κ1) is 15.2. The number of nitrogens with two attached hydrogens (primary N) is 1. The number of carbonyl (C=O) groups excluding carboxylic acids is 1. The van der Waals surface area contributed by atoms with Crippen LogP contribution in [0.5, 0.6) is 5.88 Å². The summed E-state index contributed by atoms with van der Waals surface area (Å²) in [5, 5.41) is 15.7. The number of H-pyrrole nitrogens is 1. The van der Waals surface area contributed by atoms with Crippen LogP contribution in [-0.4, -0.2) is 26.1 Å². The monoisotopic (exact) mass is 320 g/mol. The maximum atomic E-state index is 12.4. The Kier molecular flexibility index (Phi) is 4.16. The predicted molar refractivity (Wildman–Crippen MR) is 84.5 cm³/mol. The van der Waals surface area contributed by atoms with E-state index in [4.69, 9.17) is 10.5 Å². The summed E-state index contributed by atoms with van der Waals surface area (Å²) in [5.41, 5.74) is 7.35. The van der Waals surface area contributed by atoms with Crippen LogP contribution in [0, 0.1) is 11.3 Å². The van der Waals surface area contributed by atoms with Crippen LogP contribution < -0.4 is 10.5 Å². The highest BCUT2D eigenvalue weighted by Crippen LogP contribution is 2.33. The van der Waals surface area contributed by atoms with E-state index in [0.717, 1.165) is 0 Å². The van der Waals surface area contributed by atoms with Crippen molar-refractivity contribution in [3.05, 3.63) is 54.6 Å². The van der Waals surface area contributed by atoms with Crippen LogP contribution in [0.25, 0.3) is 11.1 Å². The zero-order valence-electron chi connectivity index (χ0n) is 12.4. The molecule has 0 aliphatic heterocycles. The number of aromatic amines is 1. The minimum atomic E-state index is -1.11. The largest absolute Gasteiger partial charge is 0.404 e. The van der Waals surface area contributed by atoms with E-state index in [9.17, 15) is 10.1 Å². The van der Waals surface area contributed by atoms with E-state index >= 15 is 0 Å². The molecule has 0 saturated carbocycles. The Morgan fingerprint density at radius 1 is 1.25 bits per heavy atom. The van der Waals surface area contributed by atoms with Gasteiger partial charge in [-0.25, -0.2) is 4.79 Å². The van der Waals surface area contributed by atoms with Crippen molar-refractivity contribution >= 4 is 11.8 Å². The Hall–Kier alpha value is -3.73. The van der Waals surface area contributed by atoms with Gasteiger partial charge >= 0.3 is 5.97 Å². The Bertz CT molecular complexity index is 886. The number of pyridine rings is 2. The van der Waals surface area contributed by atoms with E-state index in [-0.39, 0.29) is 11.7 Å². The van der Waals surface area contributed by atoms with Crippen molar-refractivity contribution in [3.63, 3.8) is 0 Å². The molecule has 8 nitrogen and oxygen atoms in total. The second kappa shape index (κ2) is 6.58. The van der Waals surface area contributed by atoms with Gasteiger partial charge in [-0.3, -0.25) is 15.1 Å². The van der Waals surface area contributed by atoms with Crippen molar-refractivity contribution in [3.8, 4) is 23.1 Å². The van der Waals surface area contributed by atoms with E-state index < -0.39 is 11.9 Å². The molecule has 0 aliphatic rings. The fourth-order valence-electron chi connectivity index (χ4n) is 2.17. The summed E-state index contributed by atoms with van der Waals surface area (Å²) in [4.78, 5) is 20.3. The number of nitrogen functional groups attached to an aromatic ring is 1. The normalized spacial score (nSPS) is 11.5. The van der Waals surface area contributed by atoms with Crippen LogP contribution in [0.15, 0.2) is 49.1 Å². The number of nitrogens with zero attached hydrogens (tertiary/aromatic N) is 4. The van der Waals surface area contributed by atoms with Gasteiger partial charge in [-0.15, -0.1) is 5.10 Å². The van der Waals surface area contributed by atoms with Crippen LogP contribution >= 0.6 is 0 Å². The van der Waals surface area contributed by atoms with Gasteiger partial charge in [0.2, 0.25) is 0 Å². The minimum absolute atomic E-state index is 0.00496. The molecule has 0 radical (unpaired) electrons. The maximum Gasteiger partial charge on any atom is 0.334 e. The molecule has 3 heterocycles. The Labute approximate surface area is 136 Å². The Balaban J connectivity index is 1.90. The van der Waals surface area contributed by atoms with E-state index in [1.165, 1.54) is 6.20 Å². The van der Waals surface area contributed by atoms with Crippen molar-refractivity contribution in [1.82, 2.24) is 20.2 Å². The molecular weight excluding hydrogens is 308 g/mol. The number of hydrogen-bond donors (Lipinski definition) is 2. The van der Waals surface area contributed by atoms with Gasteiger partial charge in [-0.1, -0.05) is 12.1 Å². The number of esters is 1. The van der Waals surface area contributed by atoms with Crippen molar-refractivity contribution < 1.29 is 9.53 Å². The molecular formula is C16H12N6O2. The maximum absolute atomic E-state index is 12.4. The summed E-state index contributed by atoms with van der Waals surface area (Å²) < 4.78 is 5.29. The summed E-state index contributed by atoms with van der Waals surface area (Å²) in [6, 6.07) is 8.66. The molecule has 0 saturated heterocycles. The summed E-state index contributed by atoms with van der Waals surface area (Å²) in [5.74, 6) is -1.64. The number of rotatable bonds is 4. The fourth-order valence-corrected chi connectivity index (χ4v) is 2.17. The van der Waals surface area contributed by atoms with Gasteiger partial charge in [0.1, 0.15) is 5.82 Å². The third-order valence-corrected chi connectivity index (χ3v) is 3.29. The average molecular weight is 320 g/mol. The first-order chi connectivity index (χ1) is 11.7. The molecule has 24 heavy (non-hydrogen) atoms. The molecule has 0 aliphatic carbocycles. The summed E-state index contributed by atoms with van der Waals surface area (Å²) in [6.45, 7) is 0. The van der Waals surface area contributed by atoms with Gasteiger partial charge in [-0.05, 0) is 17.7 Å². The van der Waals surface area contributed by atoms with Crippen molar-refractivity contribution in [2.45, 2.75) is 5.92 Å². The van der Waals surface area contributed by atoms with Crippen LogP contribution in [0.1, 0.15) is 11.5 Å². The van der Waals surface area contributed by atoms with Gasteiger partial charge in [0.05, 0.1) is 11.6 Å². The molecule has 1 atom stereocenters. The number of ether oxygens (including phenoxy) is 1. The van der Waals surface area contributed by atoms with E-state index in [2.05, 4.69) is 20.2 Å². The summed E-state index contributed by atoms with van der Waals surface area (Å²) >= 11 is 0. The van der Waals surface area contributed by atoms with Gasteiger partial charge in [-0.2, -0.15) is 5.26 Å². The quantitative estimate of drug-likeness (QED) is 0.699. The van der Waals surface area contributed by atoms with Gasteiger partial charge in [0, 0.05) is 30.4 Å². The third kappa shape index (κ3) is 2.91. The lowest BCUT2D eigenvalue weighted by molar-refractivity contribution is -0.135. The minimum Gasteiger partial charge on any atom is -0.404 e. The molecule has 0 spiro atoms. The SMILES string of the molecule is N#CC(C(=O)Oc1n[nH]c(N)c1-c1cccnc1)c1cccnc1. The second-order valence-corrected chi connectivity index (χ2v) is 4.83. The van der Waals surface area contributed by atoms with Crippen LogP contribution in [-0.2, 0) is 4.79 Å². The molecule has 1 unspecified atom stereocenters. The van der Waals surface area contributed by atoms with E-state index in [0.29, 0.717) is 16.7 Å². The zero-order valence-corrected chi connectivity index (χ0v) is 12.4. The fraction of sp³-hybridized carbons (Fsp3) is 0.0625. The average Bonchev–Trinajstić information content (AvgIpc) is 2.97.